The zero-order valence-electron chi connectivity index (χ0n) is 16.4. The van der Waals surface area contributed by atoms with Crippen LogP contribution in [0.1, 0.15) is 37.9 Å². The van der Waals surface area contributed by atoms with E-state index in [0.29, 0.717) is 0 Å². The van der Waals surface area contributed by atoms with Gasteiger partial charge in [-0.25, -0.2) is 4.79 Å². The number of amides is 1. The molecule has 1 aromatic rings. The predicted molar refractivity (Wildman–Crippen MR) is 88.6 cm³/mol. The molecule has 10 heteroatoms. The van der Waals surface area contributed by atoms with Gasteiger partial charge in [0.1, 0.15) is 5.60 Å². The first kappa shape index (κ1) is 24.7. The molecular formula is C18H22F3N2NaO4. The molecule has 0 aliphatic carbocycles. The van der Waals surface area contributed by atoms with Crippen LogP contribution in [0.4, 0.5) is 18.0 Å². The molecule has 1 atom stereocenters. The maximum atomic E-state index is 13.3. The molecule has 0 aromatic heterocycles. The van der Waals surface area contributed by atoms with Crippen molar-refractivity contribution in [3.63, 3.8) is 0 Å². The fourth-order valence-electron chi connectivity index (χ4n) is 2.96. The van der Waals surface area contributed by atoms with E-state index >= 15 is 0 Å². The number of carbonyl (C=O) groups excluding carboxylic acids is 2. The topological polar surface area (TPSA) is 72.9 Å². The zero-order chi connectivity index (χ0) is 20.4. The number of alkyl halides is 3. The molecule has 6 nitrogen and oxygen atoms in total. The SMILES string of the molecule is CC(C)(C)OC(=O)N1CCN(C(C(=O)[O-])c2ccccc2C(F)(F)F)CC1.[Na+]. The Morgan fingerprint density at radius 1 is 1.07 bits per heavy atom. The number of ether oxygens (including phenoxy) is 1. The summed E-state index contributed by atoms with van der Waals surface area (Å²) in [4.78, 5) is 26.5. The summed E-state index contributed by atoms with van der Waals surface area (Å²) in [5.41, 5.74) is -2.04. The molecule has 0 bridgehead atoms. The monoisotopic (exact) mass is 410 g/mol. The van der Waals surface area contributed by atoms with Crippen LogP contribution in [0.5, 0.6) is 0 Å². The van der Waals surface area contributed by atoms with E-state index in [9.17, 15) is 27.9 Å². The first-order chi connectivity index (χ1) is 12.4. The summed E-state index contributed by atoms with van der Waals surface area (Å²) in [6.45, 7) is 5.64. The van der Waals surface area contributed by atoms with Gasteiger partial charge in [-0.05, 0) is 32.4 Å². The number of nitrogens with zero attached hydrogens (tertiary/aromatic N) is 2. The van der Waals surface area contributed by atoms with E-state index in [4.69, 9.17) is 4.74 Å². The van der Waals surface area contributed by atoms with Crippen molar-refractivity contribution in [1.82, 2.24) is 9.80 Å². The van der Waals surface area contributed by atoms with Crippen molar-refractivity contribution in [2.75, 3.05) is 26.2 Å². The van der Waals surface area contributed by atoms with Gasteiger partial charge in [0.2, 0.25) is 0 Å². The fourth-order valence-corrected chi connectivity index (χ4v) is 2.96. The van der Waals surface area contributed by atoms with Crippen molar-refractivity contribution in [3.05, 3.63) is 35.4 Å². The number of hydrogen-bond donors (Lipinski definition) is 0. The van der Waals surface area contributed by atoms with Gasteiger partial charge in [0.05, 0.1) is 17.6 Å². The first-order valence-corrected chi connectivity index (χ1v) is 8.49. The summed E-state index contributed by atoms with van der Waals surface area (Å²) in [5.74, 6) is -1.61. The summed E-state index contributed by atoms with van der Waals surface area (Å²) in [6.07, 6.45) is -5.22. The van der Waals surface area contributed by atoms with Crippen LogP contribution >= 0.6 is 0 Å². The zero-order valence-corrected chi connectivity index (χ0v) is 18.4. The minimum atomic E-state index is -4.68. The molecule has 0 N–H and O–H groups in total. The van der Waals surface area contributed by atoms with E-state index in [0.717, 1.165) is 12.1 Å². The number of benzene rings is 1. The largest absolute Gasteiger partial charge is 1.00 e. The third-order valence-corrected chi connectivity index (χ3v) is 4.12. The summed E-state index contributed by atoms with van der Waals surface area (Å²) in [5, 5.41) is 11.7. The van der Waals surface area contributed by atoms with Gasteiger partial charge in [-0.15, -0.1) is 0 Å². The normalized spacial score (nSPS) is 16.9. The van der Waals surface area contributed by atoms with Gasteiger partial charge in [0.15, 0.2) is 0 Å². The average Bonchev–Trinajstić information content (AvgIpc) is 2.53. The Morgan fingerprint density at radius 3 is 2.07 bits per heavy atom. The number of carboxylic acids is 1. The molecule has 0 spiro atoms. The van der Waals surface area contributed by atoms with Crippen LogP contribution in [-0.4, -0.2) is 53.6 Å². The van der Waals surface area contributed by atoms with Gasteiger partial charge in [-0.3, -0.25) is 4.90 Å². The number of halogens is 3. The van der Waals surface area contributed by atoms with E-state index in [2.05, 4.69) is 0 Å². The molecule has 150 valence electrons. The van der Waals surface area contributed by atoms with Crippen molar-refractivity contribution >= 4 is 12.1 Å². The third kappa shape index (κ3) is 6.37. The molecule has 1 fully saturated rings. The second kappa shape index (κ2) is 9.47. The maximum absolute atomic E-state index is 13.3. The molecular weight excluding hydrogens is 388 g/mol. The van der Waals surface area contributed by atoms with Crippen molar-refractivity contribution in [2.24, 2.45) is 0 Å². The summed E-state index contributed by atoms with van der Waals surface area (Å²) >= 11 is 0. The molecule has 2 rings (SSSR count). The maximum Gasteiger partial charge on any atom is 1.00 e. The molecule has 1 amide bonds. The second-order valence-electron chi connectivity index (χ2n) is 7.31. The van der Waals surface area contributed by atoms with Crippen LogP contribution in [0.25, 0.3) is 0 Å². The van der Waals surface area contributed by atoms with E-state index in [1.807, 2.05) is 0 Å². The third-order valence-electron chi connectivity index (χ3n) is 4.12. The number of aliphatic carboxylic acids is 1. The predicted octanol–water partition coefficient (Wildman–Crippen LogP) is -0.947. The van der Waals surface area contributed by atoms with Crippen molar-refractivity contribution in [1.29, 1.82) is 0 Å². The Balaban J connectivity index is 0.00000392. The van der Waals surface area contributed by atoms with E-state index < -0.39 is 35.4 Å². The molecule has 1 aliphatic rings. The van der Waals surface area contributed by atoms with Gasteiger partial charge in [-0.2, -0.15) is 13.2 Å². The minimum absolute atomic E-state index is 0. The number of carbonyl (C=O) groups is 2. The Hall–Kier alpha value is -1.29. The molecule has 1 aromatic carbocycles. The summed E-state index contributed by atoms with van der Waals surface area (Å²) in [6, 6.07) is 3.01. The molecule has 28 heavy (non-hydrogen) atoms. The Morgan fingerprint density at radius 2 is 1.61 bits per heavy atom. The summed E-state index contributed by atoms with van der Waals surface area (Å²) < 4.78 is 45.1. The van der Waals surface area contributed by atoms with Gasteiger partial charge < -0.3 is 19.5 Å². The van der Waals surface area contributed by atoms with Crippen LogP contribution < -0.4 is 34.7 Å². The molecule has 0 saturated carbocycles. The number of hydrogen-bond acceptors (Lipinski definition) is 5. The number of carboxylic acid groups (broad SMARTS) is 1. The van der Waals surface area contributed by atoms with Crippen LogP contribution in [0.3, 0.4) is 0 Å². The number of rotatable bonds is 3. The Kier molecular flexibility index (Phi) is 8.37. The molecule has 0 radical (unpaired) electrons. The minimum Gasteiger partial charge on any atom is -0.548 e. The molecule has 1 saturated heterocycles. The quantitative estimate of drug-likeness (QED) is 0.602. The van der Waals surface area contributed by atoms with Gasteiger partial charge >= 0.3 is 41.8 Å². The van der Waals surface area contributed by atoms with Crippen LogP contribution in [0, 0.1) is 0 Å². The van der Waals surface area contributed by atoms with Gasteiger partial charge in [-0.1, -0.05) is 18.2 Å². The smallest absolute Gasteiger partial charge is 0.548 e. The van der Waals surface area contributed by atoms with E-state index in [1.165, 1.54) is 21.9 Å². The molecule has 1 heterocycles. The van der Waals surface area contributed by atoms with Gasteiger partial charge in [0, 0.05) is 26.2 Å². The number of piperazine rings is 1. The van der Waals surface area contributed by atoms with Crippen molar-refractivity contribution in [2.45, 2.75) is 38.6 Å². The Labute approximate surface area is 183 Å². The average molecular weight is 410 g/mol. The fraction of sp³-hybridized carbons (Fsp3) is 0.556. The van der Waals surface area contributed by atoms with Crippen LogP contribution in [-0.2, 0) is 15.7 Å². The summed E-state index contributed by atoms with van der Waals surface area (Å²) in [7, 11) is 0. The Bertz CT molecular complexity index is 699. The first-order valence-electron chi connectivity index (χ1n) is 8.49. The van der Waals surface area contributed by atoms with Crippen molar-refractivity contribution in [3.8, 4) is 0 Å². The van der Waals surface area contributed by atoms with Crippen LogP contribution in [0.2, 0.25) is 0 Å². The van der Waals surface area contributed by atoms with E-state index in [-0.39, 0.29) is 61.3 Å². The van der Waals surface area contributed by atoms with E-state index in [1.54, 1.807) is 20.8 Å². The standard InChI is InChI=1S/C18H23F3N2O4.Na/c1-17(2,3)27-16(26)23-10-8-22(9-11-23)14(15(24)25)12-6-4-5-7-13(12)18(19,20)21;/h4-7,14H,8-11H2,1-3H3,(H,24,25);/q;+1/p-1. The molecule has 1 unspecified atom stereocenters. The van der Waals surface area contributed by atoms with Crippen molar-refractivity contribution < 1.29 is 62.2 Å². The molecule has 1 aliphatic heterocycles. The van der Waals surface area contributed by atoms with Gasteiger partial charge in [0.25, 0.3) is 0 Å². The van der Waals surface area contributed by atoms with Crippen LogP contribution in [0.15, 0.2) is 24.3 Å². The second-order valence-corrected chi connectivity index (χ2v) is 7.31.